The zero-order valence-corrected chi connectivity index (χ0v) is 17.9. The molecule has 2 heterocycles. The summed E-state index contributed by atoms with van der Waals surface area (Å²) in [5, 5.41) is 3.43. The van der Waals surface area contributed by atoms with E-state index in [9.17, 15) is 8.42 Å². The molecule has 1 atom stereocenters. The molecule has 154 valence electrons. The Hall–Kier alpha value is -2.48. The van der Waals surface area contributed by atoms with E-state index in [-0.39, 0.29) is 12.6 Å². The van der Waals surface area contributed by atoms with Crippen LogP contribution in [0.2, 0.25) is 0 Å². The molecule has 1 fully saturated rings. The number of sulfonamides is 1. The summed E-state index contributed by atoms with van der Waals surface area (Å²) in [4.78, 5) is 0.302. The summed E-state index contributed by atoms with van der Waals surface area (Å²) in [5.41, 5.74) is 2.41. The minimum atomic E-state index is -3.68. The Kier molecular flexibility index (Phi) is 5.18. The minimum Gasteiger partial charge on any atom is -0.489 e. The average molecular weight is 439 g/mol. The lowest BCUT2D eigenvalue weighted by Gasteiger charge is -2.37. The van der Waals surface area contributed by atoms with Crippen molar-refractivity contribution >= 4 is 27.5 Å². The molecule has 5 rings (SSSR count). The molecule has 0 aromatic heterocycles. The first-order valence-corrected chi connectivity index (χ1v) is 12.5. The van der Waals surface area contributed by atoms with Gasteiger partial charge in [-0.15, -0.1) is 0 Å². The lowest BCUT2D eigenvalue weighted by Crippen LogP contribution is -2.42. The Balaban J connectivity index is 1.55. The predicted molar refractivity (Wildman–Crippen MR) is 120 cm³/mol. The summed E-state index contributed by atoms with van der Waals surface area (Å²) in [6.07, 6.45) is -0.293. The molecule has 30 heavy (non-hydrogen) atoms. The molecule has 2 aliphatic heterocycles. The molecule has 0 aliphatic carbocycles. The van der Waals surface area contributed by atoms with Gasteiger partial charge in [-0.3, -0.25) is 0 Å². The summed E-state index contributed by atoms with van der Waals surface area (Å²) >= 11 is 1.87. The van der Waals surface area contributed by atoms with Crippen molar-refractivity contribution in [2.24, 2.45) is 0 Å². The summed E-state index contributed by atoms with van der Waals surface area (Å²) in [6, 6.07) is 24.5. The number of hydrogen-bond donors (Lipinski definition) is 1. The Morgan fingerprint density at radius 2 is 1.73 bits per heavy atom. The standard InChI is InChI=1S/C23H22N2O3S2/c26-30(27)22-12-5-4-11-21(22)24-23(25(30)14-17-7-2-1-3-8-17)18-9-6-10-19(13-18)28-20-15-29-16-20/h1-13,20,23-24H,14-16H2. The third kappa shape index (κ3) is 3.69. The number of thioether (sulfide) groups is 1. The van der Waals surface area contributed by atoms with Gasteiger partial charge in [0, 0.05) is 18.1 Å². The number of ether oxygens (including phenoxy) is 1. The van der Waals surface area contributed by atoms with Gasteiger partial charge in [-0.25, -0.2) is 8.42 Å². The fourth-order valence-corrected chi connectivity index (χ4v) is 5.96. The molecular formula is C23H22N2O3S2. The van der Waals surface area contributed by atoms with Gasteiger partial charge in [-0.1, -0.05) is 54.6 Å². The number of benzene rings is 3. The first kappa shape index (κ1) is 19.5. The van der Waals surface area contributed by atoms with Gasteiger partial charge in [0.05, 0.1) is 5.69 Å². The average Bonchev–Trinajstić information content (AvgIpc) is 2.74. The van der Waals surface area contributed by atoms with Crippen molar-refractivity contribution in [1.82, 2.24) is 4.31 Å². The van der Waals surface area contributed by atoms with Crippen molar-refractivity contribution in [3.05, 3.63) is 90.0 Å². The lowest BCUT2D eigenvalue weighted by molar-refractivity contribution is 0.239. The fourth-order valence-electron chi connectivity index (χ4n) is 3.72. The Morgan fingerprint density at radius 3 is 2.50 bits per heavy atom. The first-order chi connectivity index (χ1) is 14.6. The van der Waals surface area contributed by atoms with Crippen LogP contribution in [0.4, 0.5) is 5.69 Å². The molecule has 3 aromatic rings. The van der Waals surface area contributed by atoms with Gasteiger partial charge in [0.1, 0.15) is 22.9 Å². The van der Waals surface area contributed by atoms with Crippen LogP contribution in [-0.2, 0) is 16.6 Å². The highest BCUT2D eigenvalue weighted by Gasteiger charge is 2.39. The number of anilines is 1. The number of nitrogens with zero attached hydrogens (tertiary/aromatic N) is 1. The van der Waals surface area contributed by atoms with E-state index < -0.39 is 16.2 Å². The Bertz CT molecular complexity index is 1150. The van der Waals surface area contributed by atoms with Gasteiger partial charge in [-0.05, 0) is 35.4 Å². The van der Waals surface area contributed by atoms with E-state index in [4.69, 9.17) is 4.74 Å². The topological polar surface area (TPSA) is 58.6 Å². The van der Waals surface area contributed by atoms with Crippen molar-refractivity contribution in [3.8, 4) is 5.75 Å². The van der Waals surface area contributed by atoms with Crippen LogP contribution in [0.3, 0.4) is 0 Å². The number of fused-ring (bicyclic) bond motifs is 1. The SMILES string of the molecule is O=S1(=O)c2ccccc2NC(c2cccc(OC3CSC3)c2)N1Cc1ccccc1. The highest BCUT2D eigenvalue weighted by atomic mass is 32.2. The van der Waals surface area contributed by atoms with E-state index in [0.717, 1.165) is 28.4 Å². The van der Waals surface area contributed by atoms with E-state index in [1.807, 2.05) is 78.5 Å². The molecule has 7 heteroatoms. The minimum absolute atomic E-state index is 0.231. The fraction of sp³-hybridized carbons (Fsp3) is 0.217. The molecule has 3 aromatic carbocycles. The third-order valence-corrected chi connectivity index (χ3v) is 8.40. The van der Waals surface area contributed by atoms with Crippen LogP contribution in [0.5, 0.6) is 5.75 Å². The van der Waals surface area contributed by atoms with Crippen LogP contribution in [-0.4, -0.2) is 30.3 Å². The molecule has 0 amide bonds. The van der Waals surface area contributed by atoms with E-state index >= 15 is 0 Å². The van der Waals surface area contributed by atoms with E-state index in [0.29, 0.717) is 10.6 Å². The van der Waals surface area contributed by atoms with Gasteiger partial charge < -0.3 is 10.1 Å². The van der Waals surface area contributed by atoms with Gasteiger partial charge in [0.25, 0.3) is 0 Å². The van der Waals surface area contributed by atoms with Crippen molar-refractivity contribution < 1.29 is 13.2 Å². The smallest absolute Gasteiger partial charge is 0.247 e. The van der Waals surface area contributed by atoms with E-state index in [2.05, 4.69) is 5.32 Å². The number of hydrogen-bond acceptors (Lipinski definition) is 5. The maximum atomic E-state index is 13.6. The molecule has 1 saturated heterocycles. The highest BCUT2D eigenvalue weighted by molar-refractivity contribution is 8.00. The molecular weight excluding hydrogens is 416 g/mol. The van der Waals surface area contributed by atoms with Crippen LogP contribution >= 0.6 is 11.8 Å². The molecule has 0 spiro atoms. The summed E-state index contributed by atoms with van der Waals surface area (Å²) < 4.78 is 34.7. The van der Waals surface area contributed by atoms with Crippen LogP contribution in [0, 0.1) is 0 Å². The molecule has 1 N–H and O–H groups in total. The maximum absolute atomic E-state index is 13.6. The number of para-hydroxylation sites is 1. The van der Waals surface area contributed by atoms with Crippen molar-refractivity contribution in [3.63, 3.8) is 0 Å². The van der Waals surface area contributed by atoms with Crippen LogP contribution in [0.1, 0.15) is 17.3 Å². The second-order valence-corrected chi connectivity index (χ2v) is 10.4. The molecule has 2 aliphatic rings. The monoisotopic (exact) mass is 438 g/mol. The number of nitrogens with one attached hydrogen (secondary N) is 1. The van der Waals surface area contributed by atoms with Crippen LogP contribution < -0.4 is 10.1 Å². The van der Waals surface area contributed by atoms with E-state index in [1.165, 1.54) is 4.31 Å². The number of rotatable bonds is 5. The summed E-state index contributed by atoms with van der Waals surface area (Å²) in [5.74, 6) is 2.76. The normalized spacial score (nSPS) is 20.6. The van der Waals surface area contributed by atoms with Crippen LogP contribution in [0.25, 0.3) is 0 Å². The zero-order valence-electron chi connectivity index (χ0n) is 16.3. The third-order valence-electron chi connectivity index (χ3n) is 5.32. The van der Waals surface area contributed by atoms with Crippen LogP contribution in [0.15, 0.2) is 83.8 Å². The van der Waals surface area contributed by atoms with Crippen molar-refractivity contribution in [2.75, 3.05) is 16.8 Å². The highest BCUT2D eigenvalue weighted by Crippen LogP contribution is 2.40. The first-order valence-electron chi connectivity index (χ1n) is 9.87. The summed E-state index contributed by atoms with van der Waals surface area (Å²) in [6.45, 7) is 0.277. The Labute approximate surface area is 181 Å². The Morgan fingerprint density at radius 1 is 0.967 bits per heavy atom. The second kappa shape index (κ2) is 7.98. The largest absolute Gasteiger partial charge is 0.489 e. The van der Waals surface area contributed by atoms with Gasteiger partial charge in [-0.2, -0.15) is 16.1 Å². The van der Waals surface area contributed by atoms with Gasteiger partial charge in [0.15, 0.2) is 0 Å². The second-order valence-electron chi connectivity index (χ2n) is 7.43. The molecule has 0 bridgehead atoms. The van der Waals surface area contributed by atoms with Gasteiger partial charge >= 0.3 is 0 Å². The molecule has 0 radical (unpaired) electrons. The van der Waals surface area contributed by atoms with Gasteiger partial charge in [0.2, 0.25) is 10.0 Å². The predicted octanol–water partition coefficient (Wildman–Crippen LogP) is 4.50. The molecule has 1 unspecified atom stereocenters. The summed E-state index contributed by atoms with van der Waals surface area (Å²) in [7, 11) is -3.68. The lowest BCUT2D eigenvalue weighted by atomic mass is 10.1. The zero-order chi connectivity index (χ0) is 20.6. The molecule has 5 nitrogen and oxygen atoms in total. The molecule has 0 saturated carbocycles. The van der Waals surface area contributed by atoms with Crippen molar-refractivity contribution in [2.45, 2.75) is 23.7 Å². The van der Waals surface area contributed by atoms with Crippen molar-refractivity contribution in [1.29, 1.82) is 0 Å². The quantitative estimate of drug-likeness (QED) is 0.636. The maximum Gasteiger partial charge on any atom is 0.247 e. The van der Waals surface area contributed by atoms with E-state index in [1.54, 1.807) is 12.1 Å².